The molecular weight excluding hydrogens is 273 g/mol. The summed E-state index contributed by atoms with van der Waals surface area (Å²) in [6, 6.07) is 10.2. The van der Waals surface area contributed by atoms with Crippen LogP contribution in [0.4, 0.5) is 0 Å². The first-order chi connectivity index (χ1) is 9.34. The minimum Gasteiger partial charge on any atom is -0.295 e. The molecule has 1 aliphatic rings. The van der Waals surface area contributed by atoms with Crippen molar-refractivity contribution in [3.63, 3.8) is 0 Å². The third-order valence-corrected chi connectivity index (χ3v) is 5.57. The number of benzene rings is 1. The molecule has 0 spiro atoms. The van der Waals surface area contributed by atoms with Crippen LogP contribution in [0.3, 0.4) is 0 Å². The average Bonchev–Trinajstić information content (AvgIpc) is 2.65. The lowest BCUT2D eigenvalue weighted by atomic mass is 10.2. The smallest absolute Gasteiger partial charge is 0.295 e. The number of hydrogen-bond acceptors (Lipinski definition) is 3. The molecule has 2 unspecified atom stereocenters. The van der Waals surface area contributed by atoms with Gasteiger partial charge in [0, 0.05) is 12.6 Å². The monoisotopic (exact) mass is 297 g/mol. The highest BCUT2D eigenvalue weighted by atomic mass is 31.2. The zero-order valence-electron chi connectivity index (χ0n) is 12.7. The quantitative estimate of drug-likeness (QED) is 0.780. The number of nitrogens with zero attached hydrogens (tertiary/aromatic N) is 1. The van der Waals surface area contributed by atoms with E-state index >= 15 is 0 Å². The SMILES string of the molecule is CCC1COP(=O)(OC(C)(C)C)N1Cc1ccccc1. The highest BCUT2D eigenvalue weighted by Gasteiger charge is 2.46. The topological polar surface area (TPSA) is 38.8 Å². The van der Waals surface area contributed by atoms with E-state index in [1.165, 1.54) is 0 Å². The molecule has 1 aromatic carbocycles. The Morgan fingerprint density at radius 1 is 1.35 bits per heavy atom. The Bertz CT molecular complexity index is 484. The zero-order chi connectivity index (χ0) is 14.8. The van der Waals surface area contributed by atoms with Crippen LogP contribution in [0.1, 0.15) is 39.7 Å². The Morgan fingerprint density at radius 2 is 2.00 bits per heavy atom. The van der Waals surface area contributed by atoms with E-state index in [0.29, 0.717) is 13.2 Å². The molecule has 1 aromatic rings. The van der Waals surface area contributed by atoms with Crippen molar-refractivity contribution in [3.05, 3.63) is 35.9 Å². The second-order valence-corrected chi connectivity index (χ2v) is 8.00. The molecular formula is C15H24NO3P. The second kappa shape index (κ2) is 5.98. The highest BCUT2D eigenvalue weighted by molar-refractivity contribution is 7.51. The first kappa shape index (κ1) is 15.7. The van der Waals surface area contributed by atoms with Crippen LogP contribution in [0.5, 0.6) is 0 Å². The summed E-state index contributed by atoms with van der Waals surface area (Å²) in [5, 5.41) is 0. The minimum absolute atomic E-state index is 0.142. The molecule has 112 valence electrons. The third kappa shape index (κ3) is 3.70. The van der Waals surface area contributed by atoms with Crippen molar-refractivity contribution in [1.82, 2.24) is 4.67 Å². The van der Waals surface area contributed by atoms with Crippen molar-refractivity contribution in [2.45, 2.75) is 52.3 Å². The minimum atomic E-state index is -3.21. The standard InChI is InChI=1S/C15H24NO3P/c1-5-14-12-18-20(17,19-15(2,3)4)16(14)11-13-9-7-6-8-10-13/h6-10,14H,5,11-12H2,1-4H3. The van der Waals surface area contributed by atoms with Crippen LogP contribution in [0.15, 0.2) is 30.3 Å². The molecule has 0 bridgehead atoms. The van der Waals surface area contributed by atoms with Crippen molar-refractivity contribution in [2.75, 3.05) is 6.61 Å². The van der Waals surface area contributed by atoms with Gasteiger partial charge in [-0.3, -0.25) is 9.05 Å². The van der Waals surface area contributed by atoms with Crippen LogP contribution in [0.25, 0.3) is 0 Å². The summed E-state index contributed by atoms with van der Waals surface area (Å²) in [6.45, 7) is 8.84. The van der Waals surface area contributed by atoms with Crippen molar-refractivity contribution < 1.29 is 13.6 Å². The summed E-state index contributed by atoms with van der Waals surface area (Å²) < 4.78 is 26.2. The van der Waals surface area contributed by atoms with Crippen molar-refractivity contribution in [1.29, 1.82) is 0 Å². The Morgan fingerprint density at radius 3 is 2.55 bits per heavy atom. The molecule has 2 atom stereocenters. The van der Waals surface area contributed by atoms with Crippen molar-refractivity contribution in [2.24, 2.45) is 0 Å². The fourth-order valence-corrected chi connectivity index (χ4v) is 4.61. The lowest BCUT2D eigenvalue weighted by Gasteiger charge is -2.31. The van der Waals surface area contributed by atoms with E-state index in [1.807, 2.05) is 55.8 Å². The number of rotatable bonds is 4. The van der Waals surface area contributed by atoms with Gasteiger partial charge in [-0.1, -0.05) is 37.3 Å². The Balaban J connectivity index is 2.22. The molecule has 1 heterocycles. The van der Waals surface area contributed by atoms with Crippen LogP contribution in [0, 0.1) is 0 Å². The van der Waals surface area contributed by atoms with Gasteiger partial charge < -0.3 is 0 Å². The summed E-state index contributed by atoms with van der Waals surface area (Å²) in [4.78, 5) is 0. The van der Waals surface area contributed by atoms with Gasteiger partial charge >= 0.3 is 7.75 Å². The van der Waals surface area contributed by atoms with Gasteiger partial charge in [-0.2, -0.15) is 4.67 Å². The van der Waals surface area contributed by atoms with Crippen LogP contribution in [0.2, 0.25) is 0 Å². The van der Waals surface area contributed by atoms with Gasteiger partial charge in [0.15, 0.2) is 0 Å². The van der Waals surface area contributed by atoms with E-state index in [0.717, 1.165) is 12.0 Å². The van der Waals surface area contributed by atoms with Crippen molar-refractivity contribution in [3.8, 4) is 0 Å². The largest absolute Gasteiger partial charge is 0.409 e. The van der Waals surface area contributed by atoms with E-state index < -0.39 is 13.3 Å². The van der Waals surface area contributed by atoms with Gasteiger partial charge in [0.1, 0.15) is 0 Å². The number of hydrogen-bond donors (Lipinski definition) is 0. The van der Waals surface area contributed by atoms with Gasteiger partial charge in [-0.25, -0.2) is 4.57 Å². The fourth-order valence-electron chi connectivity index (χ4n) is 2.28. The van der Waals surface area contributed by atoms with Gasteiger partial charge in [-0.15, -0.1) is 0 Å². The molecule has 5 heteroatoms. The van der Waals surface area contributed by atoms with Crippen LogP contribution < -0.4 is 0 Å². The highest BCUT2D eigenvalue weighted by Crippen LogP contribution is 2.60. The molecule has 0 radical (unpaired) electrons. The summed E-state index contributed by atoms with van der Waals surface area (Å²) >= 11 is 0. The summed E-state index contributed by atoms with van der Waals surface area (Å²) in [6.07, 6.45) is 0.893. The Kier molecular flexibility index (Phi) is 4.70. The third-order valence-electron chi connectivity index (χ3n) is 3.21. The maximum atomic E-state index is 13.0. The second-order valence-electron chi connectivity index (χ2n) is 6.11. The normalized spacial score (nSPS) is 27.9. The van der Waals surface area contributed by atoms with E-state index in [9.17, 15) is 4.57 Å². The van der Waals surface area contributed by atoms with Crippen LogP contribution >= 0.6 is 7.75 Å². The molecule has 1 fully saturated rings. The molecule has 0 saturated carbocycles. The van der Waals surface area contributed by atoms with E-state index in [4.69, 9.17) is 9.05 Å². The molecule has 20 heavy (non-hydrogen) atoms. The predicted molar refractivity (Wildman–Crippen MR) is 80.5 cm³/mol. The maximum absolute atomic E-state index is 13.0. The first-order valence-electron chi connectivity index (χ1n) is 7.10. The molecule has 1 saturated heterocycles. The van der Waals surface area contributed by atoms with Gasteiger partial charge in [0.2, 0.25) is 0 Å². The van der Waals surface area contributed by atoms with Gasteiger partial charge in [0.25, 0.3) is 0 Å². The molecule has 1 aliphatic heterocycles. The van der Waals surface area contributed by atoms with Gasteiger partial charge in [-0.05, 0) is 32.8 Å². The predicted octanol–water partition coefficient (Wildman–Crippen LogP) is 4.22. The molecule has 0 N–H and O–H groups in total. The summed E-state index contributed by atoms with van der Waals surface area (Å²) in [7, 11) is -3.21. The van der Waals surface area contributed by atoms with E-state index in [1.54, 1.807) is 0 Å². The lowest BCUT2D eigenvalue weighted by Crippen LogP contribution is -2.30. The van der Waals surface area contributed by atoms with Crippen molar-refractivity contribution >= 4 is 7.75 Å². The van der Waals surface area contributed by atoms with Crippen LogP contribution in [-0.2, 0) is 20.2 Å². The maximum Gasteiger partial charge on any atom is 0.409 e. The molecule has 2 rings (SSSR count). The first-order valence-corrected chi connectivity index (χ1v) is 8.60. The van der Waals surface area contributed by atoms with E-state index in [2.05, 4.69) is 6.92 Å². The molecule has 0 amide bonds. The average molecular weight is 297 g/mol. The molecule has 4 nitrogen and oxygen atoms in total. The zero-order valence-corrected chi connectivity index (χ0v) is 13.6. The van der Waals surface area contributed by atoms with Crippen LogP contribution in [-0.4, -0.2) is 22.9 Å². The Labute approximate surface area is 121 Å². The summed E-state index contributed by atoms with van der Waals surface area (Å²) in [5.74, 6) is 0. The summed E-state index contributed by atoms with van der Waals surface area (Å²) in [5.41, 5.74) is 0.627. The fraction of sp³-hybridized carbons (Fsp3) is 0.600. The lowest BCUT2D eigenvalue weighted by molar-refractivity contribution is 0.0907. The molecule has 0 aliphatic carbocycles. The Hall–Kier alpha value is -0.670. The van der Waals surface area contributed by atoms with Gasteiger partial charge in [0.05, 0.1) is 12.2 Å². The molecule has 0 aromatic heterocycles. The van der Waals surface area contributed by atoms with E-state index in [-0.39, 0.29) is 6.04 Å².